The molecule has 2 fully saturated rings. The zero-order valence-corrected chi connectivity index (χ0v) is 13.0. The maximum absolute atomic E-state index is 2.44. The van der Waals surface area contributed by atoms with Gasteiger partial charge in [0.1, 0.15) is 0 Å². The van der Waals surface area contributed by atoms with Crippen molar-refractivity contribution in [3.8, 4) is 0 Å². The highest BCUT2D eigenvalue weighted by atomic mass is 15.4. The highest BCUT2D eigenvalue weighted by Crippen LogP contribution is 2.27. The highest BCUT2D eigenvalue weighted by molar-refractivity contribution is 4.66. The Morgan fingerprint density at radius 1 is 0.889 bits per heavy atom. The van der Waals surface area contributed by atoms with Crippen LogP contribution in [0.1, 0.15) is 46.0 Å². The Hall–Kier alpha value is -0.0800. The van der Waals surface area contributed by atoms with Crippen LogP contribution < -0.4 is 0 Å². The second-order valence-corrected chi connectivity index (χ2v) is 7.15. The van der Waals surface area contributed by atoms with Crippen LogP contribution in [-0.2, 0) is 0 Å². The van der Waals surface area contributed by atoms with Gasteiger partial charge in [0.2, 0.25) is 0 Å². The van der Waals surface area contributed by atoms with E-state index in [1.165, 1.54) is 86.9 Å². The molecule has 2 aliphatic rings. The van der Waals surface area contributed by atoms with Crippen molar-refractivity contribution in [1.82, 2.24) is 0 Å². The Bertz CT molecular complexity index is 248. The van der Waals surface area contributed by atoms with Crippen LogP contribution in [0.5, 0.6) is 0 Å². The SMILES string of the molecule is CC[N+]1(C)CCC(CC[N+]2(CC)CCCC2)CC1. The Morgan fingerprint density at radius 2 is 1.50 bits per heavy atom. The van der Waals surface area contributed by atoms with E-state index in [2.05, 4.69) is 20.9 Å². The minimum atomic E-state index is 1.03. The second-order valence-electron chi connectivity index (χ2n) is 7.15. The summed E-state index contributed by atoms with van der Waals surface area (Å²) in [5.41, 5.74) is 0. The normalized spacial score (nSPS) is 35.8. The third-order valence-corrected chi connectivity index (χ3v) is 6.12. The van der Waals surface area contributed by atoms with Gasteiger partial charge >= 0.3 is 0 Å². The van der Waals surface area contributed by atoms with Crippen molar-refractivity contribution >= 4 is 0 Å². The zero-order valence-electron chi connectivity index (χ0n) is 13.0. The molecule has 2 rings (SSSR count). The molecule has 106 valence electrons. The first-order valence-corrected chi connectivity index (χ1v) is 8.30. The first-order chi connectivity index (χ1) is 8.61. The van der Waals surface area contributed by atoms with Crippen LogP contribution >= 0.6 is 0 Å². The summed E-state index contributed by atoms with van der Waals surface area (Å²) in [6.45, 7) is 14.7. The fourth-order valence-corrected chi connectivity index (χ4v) is 4.01. The Labute approximate surface area is 114 Å². The molecule has 0 atom stereocenters. The minimum absolute atomic E-state index is 1.03. The molecule has 0 unspecified atom stereocenters. The molecule has 0 radical (unpaired) electrons. The second kappa shape index (κ2) is 5.92. The summed E-state index contributed by atoms with van der Waals surface area (Å²) >= 11 is 0. The molecular formula is C16H34N2+2. The van der Waals surface area contributed by atoms with E-state index in [9.17, 15) is 0 Å². The van der Waals surface area contributed by atoms with Gasteiger partial charge < -0.3 is 8.97 Å². The van der Waals surface area contributed by atoms with Crippen molar-refractivity contribution in [3.05, 3.63) is 0 Å². The first kappa shape index (κ1) is 14.3. The summed E-state index contributed by atoms with van der Waals surface area (Å²) in [6.07, 6.45) is 7.41. The van der Waals surface area contributed by atoms with Gasteiger partial charge in [0.25, 0.3) is 0 Å². The molecule has 0 aliphatic carbocycles. The number of quaternary nitrogens is 2. The predicted octanol–water partition coefficient (Wildman–Crippen LogP) is 2.88. The van der Waals surface area contributed by atoms with Gasteiger partial charge in [-0.15, -0.1) is 0 Å². The van der Waals surface area contributed by atoms with E-state index >= 15 is 0 Å². The number of nitrogens with zero attached hydrogens (tertiary/aromatic N) is 2. The molecule has 0 aromatic heterocycles. The fraction of sp³-hybridized carbons (Fsp3) is 1.00. The summed E-state index contributed by atoms with van der Waals surface area (Å²) < 4.78 is 2.76. The van der Waals surface area contributed by atoms with Crippen LogP contribution in [-0.4, -0.2) is 61.8 Å². The van der Waals surface area contributed by atoms with E-state index in [0.29, 0.717) is 0 Å². The molecule has 0 spiro atoms. The van der Waals surface area contributed by atoms with Crippen molar-refractivity contribution in [3.63, 3.8) is 0 Å². The summed E-state index contributed by atoms with van der Waals surface area (Å²) in [4.78, 5) is 0. The average molecular weight is 254 g/mol. The quantitative estimate of drug-likeness (QED) is 0.662. The summed E-state index contributed by atoms with van der Waals surface area (Å²) in [7, 11) is 2.44. The molecule has 2 heterocycles. The lowest BCUT2D eigenvalue weighted by Gasteiger charge is -2.41. The lowest BCUT2D eigenvalue weighted by molar-refractivity contribution is -0.919. The molecule has 0 amide bonds. The molecule has 0 bridgehead atoms. The summed E-state index contributed by atoms with van der Waals surface area (Å²) in [5, 5.41) is 0. The third-order valence-electron chi connectivity index (χ3n) is 6.12. The molecule has 2 aliphatic heterocycles. The molecule has 0 aromatic rings. The van der Waals surface area contributed by atoms with Gasteiger partial charge in [-0.25, -0.2) is 0 Å². The molecular weight excluding hydrogens is 220 g/mol. The van der Waals surface area contributed by atoms with Crippen LogP contribution in [0.15, 0.2) is 0 Å². The number of hydrogen-bond acceptors (Lipinski definition) is 0. The molecule has 0 N–H and O–H groups in total. The number of likely N-dealkylation sites (tertiary alicyclic amines) is 2. The summed E-state index contributed by atoms with van der Waals surface area (Å²) in [6, 6.07) is 0. The van der Waals surface area contributed by atoms with Crippen molar-refractivity contribution in [2.24, 2.45) is 5.92 Å². The molecule has 2 heteroatoms. The first-order valence-electron chi connectivity index (χ1n) is 8.30. The van der Waals surface area contributed by atoms with Crippen molar-refractivity contribution < 1.29 is 8.97 Å². The van der Waals surface area contributed by atoms with E-state index in [1.54, 1.807) is 0 Å². The number of rotatable bonds is 5. The van der Waals surface area contributed by atoms with Gasteiger partial charge in [0.15, 0.2) is 0 Å². The standard InChI is InChI=1S/C16H34N2/c1-4-17(3)13-8-16(9-14-17)10-15-18(5-2)11-6-7-12-18/h16H,4-15H2,1-3H3/q+2. The molecule has 18 heavy (non-hydrogen) atoms. The predicted molar refractivity (Wildman–Crippen MR) is 78.4 cm³/mol. The molecule has 2 nitrogen and oxygen atoms in total. The maximum atomic E-state index is 2.44. The van der Waals surface area contributed by atoms with Crippen molar-refractivity contribution in [1.29, 1.82) is 0 Å². The highest BCUT2D eigenvalue weighted by Gasteiger charge is 2.33. The fourth-order valence-electron chi connectivity index (χ4n) is 4.01. The topological polar surface area (TPSA) is 0 Å². The van der Waals surface area contributed by atoms with Gasteiger partial charge in [-0.1, -0.05) is 0 Å². The van der Waals surface area contributed by atoms with E-state index in [-0.39, 0.29) is 0 Å². The van der Waals surface area contributed by atoms with Gasteiger partial charge in [0.05, 0.1) is 52.9 Å². The van der Waals surface area contributed by atoms with Crippen LogP contribution in [0.3, 0.4) is 0 Å². The van der Waals surface area contributed by atoms with Gasteiger partial charge in [-0.2, -0.15) is 0 Å². The van der Waals surface area contributed by atoms with E-state index < -0.39 is 0 Å². The largest absolute Gasteiger partial charge is 0.326 e. The number of hydrogen-bond donors (Lipinski definition) is 0. The number of piperidine rings is 1. The smallest absolute Gasteiger partial charge is 0.0789 e. The minimum Gasteiger partial charge on any atom is -0.326 e. The van der Waals surface area contributed by atoms with Crippen molar-refractivity contribution in [2.45, 2.75) is 46.0 Å². The van der Waals surface area contributed by atoms with Gasteiger partial charge in [-0.3, -0.25) is 0 Å². The van der Waals surface area contributed by atoms with E-state index in [0.717, 1.165) is 5.92 Å². The van der Waals surface area contributed by atoms with E-state index in [1.807, 2.05) is 0 Å². The van der Waals surface area contributed by atoms with Crippen LogP contribution in [0.2, 0.25) is 0 Å². The lowest BCUT2D eigenvalue weighted by Crippen LogP contribution is -2.50. The van der Waals surface area contributed by atoms with E-state index in [4.69, 9.17) is 0 Å². The van der Waals surface area contributed by atoms with Gasteiger partial charge in [-0.05, 0) is 39.0 Å². The van der Waals surface area contributed by atoms with Crippen molar-refractivity contribution in [2.75, 3.05) is 52.9 Å². The van der Waals surface area contributed by atoms with Crippen LogP contribution in [0.25, 0.3) is 0 Å². The zero-order chi connectivity index (χ0) is 13.1. The van der Waals surface area contributed by atoms with Crippen LogP contribution in [0.4, 0.5) is 0 Å². The average Bonchev–Trinajstić information content (AvgIpc) is 2.88. The Morgan fingerprint density at radius 3 is 2.00 bits per heavy atom. The molecule has 0 aromatic carbocycles. The maximum Gasteiger partial charge on any atom is 0.0789 e. The Kier molecular flexibility index (Phi) is 4.71. The molecule has 0 saturated carbocycles. The third kappa shape index (κ3) is 3.27. The Balaban J connectivity index is 1.75. The lowest BCUT2D eigenvalue weighted by atomic mass is 9.91. The monoisotopic (exact) mass is 254 g/mol. The van der Waals surface area contributed by atoms with Crippen LogP contribution in [0, 0.1) is 5.92 Å². The summed E-state index contributed by atoms with van der Waals surface area (Å²) in [5.74, 6) is 1.03. The molecule has 2 saturated heterocycles. The van der Waals surface area contributed by atoms with Gasteiger partial charge in [0, 0.05) is 12.8 Å².